The third kappa shape index (κ3) is 2.02. The van der Waals surface area contributed by atoms with Crippen molar-refractivity contribution in [2.75, 3.05) is 0 Å². The normalized spacial score (nSPS) is 11.5. The van der Waals surface area contributed by atoms with Gasteiger partial charge in [0.15, 0.2) is 5.15 Å². The van der Waals surface area contributed by atoms with Gasteiger partial charge in [0, 0.05) is 21.0 Å². The third-order valence-corrected chi connectivity index (χ3v) is 5.64. The van der Waals surface area contributed by atoms with Gasteiger partial charge >= 0.3 is 0 Å². The summed E-state index contributed by atoms with van der Waals surface area (Å²) in [5.74, 6) is 0. The van der Waals surface area contributed by atoms with Gasteiger partial charge in [0.2, 0.25) is 0 Å². The summed E-state index contributed by atoms with van der Waals surface area (Å²) in [5, 5.41) is 2.91. The number of halogens is 1. The largest absolute Gasteiger partial charge is 0.243 e. The predicted molar refractivity (Wildman–Crippen MR) is 103 cm³/mol. The Labute approximate surface area is 147 Å². The van der Waals surface area contributed by atoms with Gasteiger partial charge in [-0.15, -0.1) is 11.3 Å². The zero-order valence-electron chi connectivity index (χ0n) is 12.5. The summed E-state index contributed by atoms with van der Waals surface area (Å²) < 4.78 is 2.40. The summed E-state index contributed by atoms with van der Waals surface area (Å²) in [5.41, 5.74) is 3.45. The highest BCUT2D eigenvalue weighted by Gasteiger charge is 2.14. The van der Waals surface area contributed by atoms with E-state index in [2.05, 4.69) is 35.3 Å². The first-order valence-electron chi connectivity index (χ1n) is 7.64. The lowest BCUT2D eigenvalue weighted by atomic mass is 10.1. The van der Waals surface area contributed by atoms with Crippen LogP contribution in [0.4, 0.5) is 0 Å². The lowest BCUT2D eigenvalue weighted by Crippen LogP contribution is -1.91. The molecule has 0 saturated heterocycles. The Morgan fingerprint density at radius 2 is 1.54 bits per heavy atom. The highest BCUT2D eigenvalue weighted by molar-refractivity contribution is 7.26. The molecule has 0 atom stereocenters. The summed E-state index contributed by atoms with van der Waals surface area (Å²) in [6, 6.07) is 22.5. The molecule has 0 bridgehead atoms. The number of benzene rings is 3. The van der Waals surface area contributed by atoms with Crippen molar-refractivity contribution >= 4 is 54.1 Å². The van der Waals surface area contributed by atoms with Crippen LogP contribution in [0.15, 0.2) is 66.7 Å². The van der Waals surface area contributed by atoms with E-state index in [1.54, 1.807) is 11.3 Å². The molecule has 0 aliphatic rings. The van der Waals surface area contributed by atoms with Gasteiger partial charge in [0.05, 0.1) is 10.2 Å². The fraction of sp³-hybridized carbons (Fsp3) is 0. The molecule has 114 valence electrons. The quantitative estimate of drug-likeness (QED) is 0.355. The van der Waals surface area contributed by atoms with E-state index in [0.717, 1.165) is 27.0 Å². The summed E-state index contributed by atoms with van der Waals surface area (Å²) in [7, 11) is 0. The van der Waals surface area contributed by atoms with Crippen molar-refractivity contribution < 1.29 is 0 Å². The van der Waals surface area contributed by atoms with E-state index in [1.165, 1.54) is 15.5 Å². The van der Waals surface area contributed by atoms with Gasteiger partial charge in [-0.1, -0.05) is 66.2 Å². The Morgan fingerprint density at radius 3 is 2.42 bits per heavy atom. The monoisotopic (exact) mass is 346 g/mol. The lowest BCUT2D eigenvalue weighted by molar-refractivity contribution is 1.30. The minimum Gasteiger partial charge on any atom is -0.243 e. The van der Waals surface area contributed by atoms with Gasteiger partial charge in [0.25, 0.3) is 0 Å². The van der Waals surface area contributed by atoms with Crippen LogP contribution in [0.2, 0.25) is 5.15 Å². The fourth-order valence-corrected chi connectivity index (χ4v) is 4.49. The van der Waals surface area contributed by atoms with E-state index in [0.29, 0.717) is 5.15 Å². The smallest absolute Gasteiger partial charge is 0.156 e. The number of thiophene rings is 1. The Morgan fingerprint density at radius 1 is 0.750 bits per heavy atom. The summed E-state index contributed by atoms with van der Waals surface area (Å²) in [6.45, 7) is 0. The number of nitrogens with zero attached hydrogens (tertiary/aromatic N) is 2. The molecule has 2 nitrogen and oxygen atoms in total. The first-order chi connectivity index (χ1) is 11.8. The maximum atomic E-state index is 6.47. The molecule has 4 heteroatoms. The molecule has 0 aliphatic carbocycles. The molecule has 2 aromatic heterocycles. The SMILES string of the molecule is Clc1nc2c(ccc3c4ccccc4sc32)nc1-c1ccccc1. The second-order valence-corrected chi connectivity index (χ2v) is 7.05. The Kier molecular flexibility index (Phi) is 3.05. The molecular weight excluding hydrogens is 336 g/mol. The Hall–Kier alpha value is -2.49. The van der Waals surface area contributed by atoms with Gasteiger partial charge in [-0.05, 0) is 12.1 Å². The van der Waals surface area contributed by atoms with Crippen molar-refractivity contribution in [3.63, 3.8) is 0 Å². The third-order valence-electron chi connectivity index (χ3n) is 4.18. The topological polar surface area (TPSA) is 25.8 Å². The minimum absolute atomic E-state index is 0.443. The van der Waals surface area contributed by atoms with Crippen molar-refractivity contribution in [1.29, 1.82) is 0 Å². The zero-order valence-corrected chi connectivity index (χ0v) is 14.1. The van der Waals surface area contributed by atoms with Crippen LogP contribution < -0.4 is 0 Å². The number of fused-ring (bicyclic) bond motifs is 5. The van der Waals surface area contributed by atoms with Crippen LogP contribution >= 0.6 is 22.9 Å². The summed E-state index contributed by atoms with van der Waals surface area (Å²) in [6.07, 6.45) is 0. The molecule has 24 heavy (non-hydrogen) atoms. The molecule has 0 fully saturated rings. The number of hydrogen-bond acceptors (Lipinski definition) is 3. The van der Waals surface area contributed by atoms with E-state index in [-0.39, 0.29) is 0 Å². The zero-order chi connectivity index (χ0) is 16.1. The van der Waals surface area contributed by atoms with Gasteiger partial charge in [-0.25, -0.2) is 9.97 Å². The maximum Gasteiger partial charge on any atom is 0.156 e. The minimum atomic E-state index is 0.443. The Bertz CT molecular complexity index is 1210. The highest BCUT2D eigenvalue weighted by atomic mass is 35.5. The first-order valence-corrected chi connectivity index (χ1v) is 8.83. The van der Waals surface area contributed by atoms with E-state index in [9.17, 15) is 0 Å². The number of rotatable bonds is 1. The molecule has 3 aromatic carbocycles. The predicted octanol–water partition coefficient (Wildman–Crippen LogP) is 6.32. The molecule has 0 aliphatic heterocycles. The second-order valence-electron chi connectivity index (χ2n) is 5.64. The molecule has 5 aromatic rings. The molecule has 0 unspecified atom stereocenters. The molecule has 0 radical (unpaired) electrons. The van der Waals surface area contributed by atoms with Crippen LogP contribution in [0, 0.1) is 0 Å². The maximum absolute atomic E-state index is 6.47. The molecule has 2 heterocycles. The van der Waals surface area contributed by atoms with E-state index >= 15 is 0 Å². The van der Waals surface area contributed by atoms with E-state index in [4.69, 9.17) is 16.6 Å². The number of hydrogen-bond donors (Lipinski definition) is 0. The average molecular weight is 347 g/mol. The van der Waals surface area contributed by atoms with E-state index < -0.39 is 0 Å². The molecular formula is C20H11ClN2S. The van der Waals surface area contributed by atoms with Crippen LogP contribution in [-0.2, 0) is 0 Å². The second kappa shape index (κ2) is 5.26. The number of aromatic nitrogens is 2. The van der Waals surface area contributed by atoms with Gasteiger partial charge in [0.1, 0.15) is 11.2 Å². The van der Waals surface area contributed by atoms with Gasteiger partial charge in [-0.2, -0.15) is 0 Å². The molecule has 0 N–H and O–H groups in total. The molecule has 0 amide bonds. The fourth-order valence-electron chi connectivity index (χ4n) is 3.06. The van der Waals surface area contributed by atoms with Crippen LogP contribution in [0.5, 0.6) is 0 Å². The lowest BCUT2D eigenvalue weighted by Gasteiger charge is -2.06. The molecule has 0 spiro atoms. The Balaban J connectivity index is 1.86. The summed E-state index contributed by atoms with van der Waals surface area (Å²) >= 11 is 8.21. The van der Waals surface area contributed by atoms with Gasteiger partial charge in [-0.3, -0.25) is 0 Å². The van der Waals surface area contributed by atoms with Crippen LogP contribution in [0.1, 0.15) is 0 Å². The van der Waals surface area contributed by atoms with Crippen LogP contribution in [-0.4, -0.2) is 9.97 Å². The van der Waals surface area contributed by atoms with Crippen molar-refractivity contribution in [3.05, 3.63) is 71.9 Å². The van der Waals surface area contributed by atoms with Crippen molar-refractivity contribution in [2.45, 2.75) is 0 Å². The van der Waals surface area contributed by atoms with Crippen LogP contribution in [0.25, 0.3) is 42.5 Å². The van der Waals surface area contributed by atoms with Gasteiger partial charge < -0.3 is 0 Å². The van der Waals surface area contributed by atoms with Crippen LogP contribution in [0.3, 0.4) is 0 Å². The molecule has 0 saturated carbocycles. The standard InChI is InChI=1S/C20H11ClN2S/c21-20-17(12-6-2-1-3-7-12)22-15-11-10-14-13-8-4-5-9-16(13)24-19(14)18(15)23-20/h1-11H. The van der Waals surface area contributed by atoms with Crippen molar-refractivity contribution in [3.8, 4) is 11.3 Å². The average Bonchev–Trinajstić information content (AvgIpc) is 3.01. The molecule has 5 rings (SSSR count). The van der Waals surface area contributed by atoms with Crippen molar-refractivity contribution in [2.24, 2.45) is 0 Å². The highest BCUT2D eigenvalue weighted by Crippen LogP contribution is 2.38. The van der Waals surface area contributed by atoms with E-state index in [1.807, 2.05) is 36.4 Å². The van der Waals surface area contributed by atoms with Crippen molar-refractivity contribution in [1.82, 2.24) is 9.97 Å². The summed E-state index contributed by atoms with van der Waals surface area (Å²) in [4.78, 5) is 9.47. The first kappa shape index (κ1) is 13.9.